The van der Waals surface area contributed by atoms with Crippen molar-refractivity contribution in [2.24, 2.45) is 5.41 Å². The maximum absolute atomic E-state index is 12.7. The van der Waals surface area contributed by atoms with Gasteiger partial charge in [0.15, 0.2) is 0 Å². The number of carbonyl (C=O) groups is 2. The number of carbonyl (C=O) groups excluding carboxylic acids is 2. The van der Waals surface area contributed by atoms with E-state index in [2.05, 4.69) is 9.88 Å². The first-order valence-electron chi connectivity index (χ1n) is 10.4. The van der Waals surface area contributed by atoms with Gasteiger partial charge < -0.3 is 14.5 Å². The predicted octanol–water partition coefficient (Wildman–Crippen LogP) is 1.15. The number of aromatic nitrogens is 1. The van der Waals surface area contributed by atoms with Crippen LogP contribution in [-0.4, -0.2) is 84.0 Å². The number of morpholine rings is 1. The standard InChI is InChI=1S/C21H30N4O3/c26-19-1-4-21(17-25(19)15-18-2-7-22-8-3-18)5-9-24(10-6-21)20(27)16-23-11-13-28-14-12-23/h2-3,7-8H,1,4-6,9-17H2. The van der Waals surface area contributed by atoms with Gasteiger partial charge in [-0.1, -0.05) is 0 Å². The molecule has 2 amide bonds. The minimum absolute atomic E-state index is 0.163. The van der Waals surface area contributed by atoms with E-state index < -0.39 is 0 Å². The number of pyridine rings is 1. The molecule has 0 bridgehead atoms. The van der Waals surface area contributed by atoms with Crippen LogP contribution in [-0.2, 0) is 20.9 Å². The van der Waals surface area contributed by atoms with Gasteiger partial charge in [-0.15, -0.1) is 0 Å². The van der Waals surface area contributed by atoms with E-state index in [1.54, 1.807) is 12.4 Å². The molecule has 152 valence electrons. The zero-order valence-electron chi connectivity index (χ0n) is 16.5. The minimum Gasteiger partial charge on any atom is -0.379 e. The van der Waals surface area contributed by atoms with E-state index in [1.165, 1.54) is 0 Å². The summed E-state index contributed by atoms with van der Waals surface area (Å²) < 4.78 is 5.36. The Morgan fingerprint density at radius 3 is 2.50 bits per heavy atom. The van der Waals surface area contributed by atoms with Gasteiger partial charge in [0.1, 0.15) is 0 Å². The monoisotopic (exact) mass is 386 g/mol. The summed E-state index contributed by atoms with van der Waals surface area (Å²) in [5, 5.41) is 0. The van der Waals surface area contributed by atoms with Crippen molar-refractivity contribution in [1.82, 2.24) is 19.7 Å². The summed E-state index contributed by atoms with van der Waals surface area (Å²) in [5.74, 6) is 0.477. The lowest BCUT2D eigenvalue weighted by Gasteiger charge is -2.47. The Bertz CT molecular complexity index is 682. The van der Waals surface area contributed by atoms with Crippen LogP contribution in [0.25, 0.3) is 0 Å². The average Bonchev–Trinajstić information content (AvgIpc) is 2.73. The van der Waals surface area contributed by atoms with Crippen LogP contribution >= 0.6 is 0 Å². The van der Waals surface area contributed by atoms with E-state index in [4.69, 9.17) is 4.74 Å². The Morgan fingerprint density at radius 1 is 1.07 bits per heavy atom. The fraction of sp³-hybridized carbons (Fsp3) is 0.667. The number of rotatable bonds is 4. The normalized spacial score (nSPS) is 23.2. The molecule has 28 heavy (non-hydrogen) atoms. The SMILES string of the molecule is O=C(CN1CCOCC1)N1CCC2(CCC(=O)N(Cc3ccncc3)C2)CC1. The quantitative estimate of drug-likeness (QED) is 0.777. The molecule has 1 aromatic heterocycles. The number of nitrogens with zero attached hydrogens (tertiary/aromatic N) is 4. The van der Waals surface area contributed by atoms with Gasteiger partial charge in [-0.25, -0.2) is 0 Å². The summed E-state index contributed by atoms with van der Waals surface area (Å²) in [6, 6.07) is 3.95. The minimum atomic E-state index is 0.163. The number of likely N-dealkylation sites (tertiary alicyclic amines) is 2. The van der Waals surface area contributed by atoms with E-state index in [-0.39, 0.29) is 17.2 Å². The molecule has 1 aromatic rings. The maximum atomic E-state index is 12.7. The van der Waals surface area contributed by atoms with E-state index in [0.29, 0.717) is 19.5 Å². The molecule has 7 nitrogen and oxygen atoms in total. The van der Waals surface area contributed by atoms with Gasteiger partial charge in [0.2, 0.25) is 11.8 Å². The first-order valence-corrected chi connectivity index (χ1v) is 10.4. The highest BCUT2D eigenvalue weighted by atomic mass is 16.5. The van der Waals surface area contributed by atoms with Gasteiger partial charge in [-0.3, -0.25) is 19.5 Å². The Hall–Kier alpha value is -1.99. The Balaban J connectivity index is 1.31. The third kappa shape index (κ3) is 4.52. The average molecular weight is 386 g/mol. The number of amides is 2. The largest absolute Gasteiger partial charge is 0.379 e. The van der Waals surface area contributed by atoms with Gasteiger partial charge in [0.25, 0.3) is 0 Å². The highest BCUT2D eigenvalue weighted by Gasteiger charge is 2.41. The molecule has 0 unspecified atom stereocenters. The van der Waals surface area contributed by atoms with Crippen LogP contribution in [0.1, 0.15) is 31.2 Å². The summed E-state index contributed by atoms with van der Waals surface area (Å²) in [6.07, 6.45) is 7.09. The van der Waals surface area contributed by atoms with Gasteiger partial charge in [-0.2, -0.15) is 0 Å². The van der Waals surface area contributed by atoms with Crippen LogP contribution in [0.15, 0.2) is 24.5 Å². The van der Waals surface area contributed by atoms with Crippen molar-refractivity contribution in [1.29, 1.82) is 0 Å². The molecule has 4 rings (SSSR count). The molecule has 0 N–H and O–H groups in total. The Labute approximate surface area is 166 Å². The van der Waals surface area contributed by atoms with Crippen LogP contribution < -0.4 is 0 Å². The summed E-state index contributed by atoms with van der Waals surface area (Å²) in [4.78, 5) is 35.4. The molecule has 0 aliphatic carbocycles. The van der Waals surface area contributed by atoms with Gasteiger partial charge in [-0.05, 0) is 42.4 Å². The van der Waals surface area contributed by atoms with Crippen molar-refractivity contribution < 1.29 is 14.3 Å². The maximum Gasteiger partial charge on any atom is 0.236 e. The fourth-order valence-electron chi connectivity index (χ4n) is 4.64. The molecule has 0 atom stereocenters. The van der Waals surface area contributed by atoms with Gasteiger partial charge in [0.05, 0.1) is 19.8 Å². The number of hydrogen-bond acceptors (Lipinski definition) is 5. The van der Waals surface area contributed by atoms with E-state index in [9.17, 15) is 9.59 Å². The van der Waals surface area contributed by atoms with E-state index in [0.717, 1.165) is 70.8 Å². The lowest BCUT2D eigenvalue weighted by molar-refractivity contribution is -0.143. The lowest BCUT2D eigenvalue weighted by Crippen LogP contribution is -2.53. The van der Waals surface area contributed by atoms with Crippen molar-refractivity contribution in [2.45, 2.75) is 32.2 Å². The van der Waals surface area contributed by atoms with Crippen molar-refractivity contribution in [3.8, 4) is 0 Å². The second kappa shape index (κ2) is 8.57. The van der Waals surface area contributed by atoms with Gasteiger partial charge in [0, 0.05) is 58.1 Å². The predicted molar refractivity (Wildman–Crippen MR) is 104 cm³/mol. The van der Waals surface area contributed by atoms with Crippen LogP contribution in [0, 0.1) is 5.41 Å². The zero-order chi connectivity index (χ0) is 19.4. The molecule has 7 heteroatoms. The highest BCUT2D eigenvalue weighted by Crippen LogP contribution is 2.40. The molecule has 0 saturated carbocycles. The molecular formula is C21H30N4O3. The Kier molecular flexibility index (Phi) is 5.92. The summed E-state index contributed by atoms with van der Waals surface area (Å²) in [6.45, 7) is 6.70. The van der Waals surface area contributed by atoms with E-state index in [1.807, 2.05) is 21.9 Å². The van der Waals surface area contributed by atoms with Gasteiger partial charge >= 0.3 is 0 Å². The molecule has 4 heterocycles. The summed E-state index contributed by atoms with van der Waals surface area (Å²) in [5.41, 5.74) is 1.29. The second-order valence-corrected chi connectivity index (χ2v) is 8.37. The van der Waals surface area contributed by atoms with Crippen LogP contribution in [0.4, 0.5) is 0 Å². The first kappa shape index (κ1) is 19.3. The number of ether oxygens (including phenoxy) is 1. The van der Waals surface area contributed by atoms with Crippen molar-refractivity contribution in [3.63, 3.8) is 0 Å². The molecule has 0 radical (unpaired) electrons. The Morgan fingerprint density at radius 2 is 1.79 bits per heavy atom. The van der Waals surface area contributed by atoms with E-state index >= 15 is 0 Å². The van der Waals surface area contributed by atoms with Crippen molar-refractivity contribution in [3.05, 3.63) is 30.1 Å². The topological polar surface area (TPSA) is 66.0 Å². The smallest absolute Gasteiger partial charge is 0.236 e. The van der Waals surface area contributed by atoms with Crippen molar-refractivity contribution in [2.75, 3.05) is 52.5 Å². The summed E-state index contributed by atoms with van der Waals surface area (Å²) >= 11 is 0. The third-order valence-corrected chi connectivity index (χ3v) is 6.51. The molecular weight excluding hydrogens is 356 g/mol. The summed E-state index contributed by atoms with van der Waals surface area (Å²) in [7, 11) is 0. The molecule has 3 aliphatic heterocycles. The molecule has 3 saturated heterocycles. The van der Waals surface area contributed by atoms with Crippen LogP contribution in [0.2, 0.25) is 0 Å². The first-order chi connectivity index (χ1) is 13.6. The number of hydrogen-bond donors (Lipinski definition) is 0. The third-order valence-electron chi connectivity index (χ3n) is 6.51. The van der Waals surface area contributed by atoms with Crippen LogP contribution in [0.5, 0.6) is 0 Å². The molecule has 3 fully saturated rings. The highest BCUT2D eigenvalue weighted by molar-refractivity contribution is 5.79. The molecule has 3 aliphatic rings. The molecule has 1 spiro atoms. The van der Waals surface area contributed by atoms with Crippen molar-refractivity contribution >= 4 is 11.8 Å². The zero-order valence-corrected chi connectivity index (χ0v) is 16.5. The lowest BCUT2D eigenvalue weighted by atomic mass is 9.72. The van der Waals surface area contributed by atoms with Crippen LogP contribution in [0.3, 0.4) is 0 Å². The fourth-order valence-corrected chi connectivity index (χ4v) is 4.64. The molecule has 0 aromatic carbocycles. The number of piperidine rings is 2. The second-order valence-electron chi connectivity index (χ2n) is 8.37.